The Kier molecular flexibility index (Phi) is 6.73. The largest absolute Gasteiger partial charge is 0.486 e. The molecule has 1 aromatic carbocycles. The number of aromatic nitrogens is 2. The summed E-state index contributed by atoms with van der Waals surface area (Å²) in [5, 5.41) is 0.829. The van der Waals surface area contributed by atoms with E-state index in [-0.39, 0.29) is 29.6 Å². The summed E-state index contributed by atoms with van der Waals surface area (Å²) < 4.78 is 40.5. The van der Waals surface area contributed by atoms with Gasteiger partial charge in [-0.1, -0.05) is 18.7 Å². The van der Waals surface area contributed by atoms with E-state index in [1.165, 1.54) is 28.2 Å². The summed E-state index contributed by atoms with van der Waals surface area (Å²) in [7, 11) is -3.66. The molecule has 0 unspecified atom stereocenters. The standard InChI is InChI=1S/C20H26N4O5S2/c1-2-6-23-7-5-21-20(23)30-15-19(25)22-8-10-24(11-9-22)31(26,27)16-3-4-17-18(14-16)29-13-12-28-17/h3-5,7,14H,2,6,8-13,15H2,1H3. The fraction of sp³-hybridized carbons (Fsp3) is 0.500. The number of amides is 1. The molecule has 1 saturated heterocycles. The van der Waals surface area contributed by atoms with Gasteiger partial charge in [-0.25, -0.2) is 13.4 Å². The Labute approximate surface area is 186 Å². The highest BCUT2D eigenvalue weighted by Gasteiger charge is 2.31. The zero-order chi connectivity index (χ0) is 21.8. The first-order valence-electron chi connectivity index (χ1n) is 10.3. The molecule has 0 N–H and O–H groups in total. The molecule has 2 aliphatic heterocycles. The number of fused-ring (bicyclic) bond motifs is 1. The highest BCUT2D eigenvalue weighted by atomic mass is 32.2. The molecule has 1 aromatic heterocycles. The summed E-state index contributed by atoms with van der Waals surface area (Å²) in [6, 6.07) is 4.67. The monoisotopic (exact) mass is 466 g/mol. The molecular formula is C20H26N4O5S2. The van der Waals surface area contributed by atoms with Gasteiger partial charge in [-0.05, 0) is 18.6 Å². The van der Waals surface area contributed by atoms with E-state index in [1.807, 2.05) is 10.8 Å². The van der Waals surface area contributed by atoms with Gasteiger partial charge in [0, 0.05) is 51.2 Å². The molecule has 9 nitrogen and oxygen atoms in total. The lowest BCUT2D eigenvalue weighted by atomic mass is 10.3. The molecule has 0 aliphatic carbocycles. The third-order valence-electron chi connectivity index (χ3n) is 5.21. The maximum atomic E-state index is 13.0. The lowest BCUT2D eigenvalue weighted by Crippen LogP contribution is -2.51. The smallest absolute Gasteiger partial charge is 0.243 e. The zero-order valence-corrected chi connectivity index (χ0v) is 19.0. The lowest BCUT2D eigenvalue weighted by Gasteiger charge is -2.34. The number of nitrogens with zero attached hydrogens (tertiary/aromatic N) is 4. The first-order valence-corrected chi connectivity index (χ1v) is 12.7. The molecule has 1 fully saturated rings. The first-order chi connectivity index (χ1) is 15.0. The molecule has 2 aromatic rings. The van der Waals surface area contributed by atoms with Crippen LogP contribution >= 0.6 is 11.8 Å². The second-order valence-corrected chi connectivity index (χ2v) is 10.2. The summed E-state index contributed by atoms with van der Waals surface area (Å²) in [5.74, 6) is 1.28. The number of ether oxygens (including phenoxy) is 2. The predicted molar refractivity (Wildman–Crippen MR) is 116 cm³/mol. The topological polar surface area (TPSA) is 94.0 Å². The summed E-state index contributed by atoms with van der Waals surface area (Å²) in [5.41, 5.74) is 0. The minimum absolute atomic E-state index is 0.00701. The van der Waals surface area contributed by atoms with E-state index in [2.05, 4.69) is 11.9 Å². The average molecular weight is 467 g/mol. The third-order valence-corrected chi connectivity index (χ3v) is 8.09. The van der Waals surface area contributed by atoms with Gasteiger partial charge in [-0.15, -0.1) is 0 Å². The Morgan fingerprint density at radius 3 is 2.61 bits per heavy atom. The van der Waals surface area contributed by atoms with Crippen molar-refractivity contribution in [3.8, 4) is 11.5 Å². The average Bonchev–Trinajstić information content (AvgIpc) is 3.24. The Morgan fingerprint density at radius 2 is 1.87 bits per heavy atom. The number of hydrogen-bond acceptors (Lipinski definition) is 7. The van der Waals surface area contributed by atoms with Gasteiger partial charge in [0.25, 0.3) is 0 Å². The van der Waals surface area contributed by atoms with E-state index in [1.54, 1.807) is 17.2 Å². The molecule has 0 radical (unpaired) electrons. The zero-order valence-electron chi connectivity index (χ0n) is 17.4. The van der Waals surface area contributed by atoms with Gasteiger partial charge in [0.2, 0.25) is 15.9 Å². The van der Waals surface area contributed by atoms with Gasteiger partial charge in [0.15, 0.2) is 16.7 Å². The van der Waals surface area contributed by atoms with Crippen molar-refractivity contribution < 1.29 is 22.7 Å². The van der Waals surface area contributed by atoms with Crippen LogP contribution < -0.4 is 9.47 Å². The normalized spacial score (nSPS) is 17.0. The van der Waals surface area contributed by atoms with E-state index in [4.69, 9.17) is 9.47 Å². The number of benzene rings is 1. The molecule has 3 heterocycles. The number of aryl methyl sites for hydroxylation is 1. The third kappa shape index (κ3) is 4.83. The maximum Gasteiger partial charge on any atom is 0.243 e. The molecule has 0 spiro atoms. The van der Waals surface area contributed by atoms with Crippen molar-refractivity contribution >= 4 is 27.7 Å². The Morgan fingerprint density at radius 1 is 1.13 bits per heavy atom. The van der Waals surface area contributed by atoms with E-state index in [0.717, 1.165) is 18.1 Å². The van der Waals surface area contributed by atoms with Crippen molar-refractivity contribution in [1.29, 1.82) is 0 Å². The molecule has 168 valence electrons. The minimum Gasteiger partial charge on any atom is -0.486 e. The van der Waals surface area contributed by atoms with Gasteiger partial charge >= 0.3 is 0 Å². The van der Waals surface area contributed by atoms with Crippen molar-refractivity contribution in [3.05, 3.63) is 30.6 Å². The molecular weight excluding hydrogens is 440 g/mol. The van der Waals surface area contributed by atoms with Crippen LogP contribution in [0.25, 0.3) is 0 Å². The van der Waals surface area contributed by atoms with E-state index >= 15 is 0 Å². The van der Waals surface area contributed by atoms with Crippen LogP contribution in [0.3, 0.4) is 0 Å². The van der Waals surface area contributed by atoms with Crippen molar-refractivity contribution in [2.75, 3.05) is 45.1 Å². The Bertz CT molecular complexity index is 1030. The number of hydrogen-bond donors (Lipinski definition) is 0. The fourth-order valence-electron chi connectivity index (χ4n) is 3.58. The summed E-state index contributed by atoms with van der Waals surface area (Å²) >= 11 is 1.41. The number of piperazine rings is 1. The van der Waals surface area contributed by atoms with Gasteiger partial charge in [0.1, 0.15) is 13.2 Å². The minimum atomic E-state index is -3.66. The van der Waals surface area contributed by atoms with E-state index in [0.29, 0.717) is 37.8 Å². The number of carbonyl (C=O) groups is 1. The molecule has 0 atom stereocenters. The highest BCUT2D eigenvalue weighted by molar-refractivity contribution is 7.99. The van der Waals surface area contributed by atoms with Crippen molar-refractivity contribution in [3.63, 3.8) is 0 Å². The van der Waals surface area contributed by atoms with Gasteiger partial charge in [0.05, 0.1) is 10.6 Å². The second-order valence-electron chi connectivity index (χ2n) is 7.28. The lowest BCUT2D eigenvalue weighted by molar-refractivity contribution is -0.129. The highest BCUT2D eigenvalue weighted by Crippen LogP contribution is 2.33. The number of imidazole rings is 1. The van der Waals surface area contributed by atoms with Gasteiger partial charge in [-0.3, -0.25) is 4.79 Å². The Balaban J connectivity index is 1.33. The quantitative estimate of drug-likeness (QED) is 0.573. The van der Waals surface area contributed by atoms with Crippen LogP contribution in [0.4, 0.5) is 0 Å². The number of carbonyl (C=O) groups excluding carboxylic acids is 1. The van der Waals surface area contributed by atoms with Crippen LogP contribution in [0.2, 0.25) is 0 Å². The molecule has 4 rings (SSSR count). The molecule has 31 heavy (non-hydrogen) atoms. The van der Waals surface area contributed by atoms with Gasteiger partial charge in [-0.2, -0.15) is 4.31 Å². The van der Waals surface area contributed by atoms with Crippen molar-refractivity contribution in [2.45, 2.75) is 29.9 Å². The Hall–Kier alpha value is -2.24. The summed E-state index contributed by atoms with van der Waals surface area (Å²) in [6.07, 6.45) is 4.65. The molecule has 2 aliphatic rings. The summed E-state index contributed by atoms with van der Waals surface area (Å²) in [6.45, 7) is 5.07. The van der Waals surface area contributed by atoms with E-state index in [9.17, 15) is 13.2 Å². The fourth-order valence-corrected chi connectivity index (χ4v) is 5.90. The molecule has 0 saturated carbocycles. The van der Waals surface area contributed by atoms with Crippen LogP contribution in [-0.2, 0) is 21.4 Å². The van der Waals surface area contributed by atoms with E-state index < -0.39 is 10.0 Å². The van der Waals surface area contributed by atoms with Crippen LogP contribution in [0.15, 0.2) is 40.6 Å². The SMILES string of the molecule is CCCn1ccnc1SCC(=O)N1CCN(S(=O)(=O)c2ccc3c(c2)OCCO3)CC1. The number of rotatable bonds is 7. The van der Waals surface area contributed by atoms with Gasteiger partial charge < -0.3 is 18.9 Å². The maximum absolute atomic E-state index is 13.0. The van der Waals surface area contributed by atoms with Crippen LogP contribution in [0, 0.1) is 0 Å². The molecule has 0 bridgehead atoms. The second kappa shape index (κ2) is 9.49. The van der Waals surface area contributed by atoms with Crippen molar-refractivity contribution in [1.82, 2.24) is 18.8 Å². The van der Waals surface area contributed by atoms with Crippen LogP contribution in [0.1, 0.15) is 13.3 Å². The predicted octanol–water partition coefficient (Wildman–Crippen LogP) is 1.69. The number of sulfonamides is 1. The molecule has 11 heteroatoms. The van der Waals surface area contributed by atoms with Crippen LogP contribution in [-0.4, -0.2) is 78.2 Å². The van der Waals surface area contributed by atoms with Crippen molar-refractivity contribution in [2.24, 2.45) is 0 Å². The summed E-state index contributed by atoms with van der Waals surface area (Å²) in [4.78, 5) is 18.8. The molecule has 1 amide bonds. The van der Waals surface area contributed by atoms with Crippen LogP contribution in [0.5, 0.6) is 11.5 Å². The number of thioether (sulfide) groups is 1. The first kappa shape index (κ1) is 22.0.